The number of ether oxygens (including phenoxy) is 1. The first kappa shape index (κ1) is 20.4. The van der Waals surface area contributed by atoms with Crippen LogP contribution in [0.2, 0.25) is 0 Å². The molecule has 2 heterocycles. The van der Waals surface area contributed by atoms with E-state index in [4.69, 9.17) is 4.74 Å². The molecule has 2 aromatic rings. The van der Waals surface area contributed by atoms with Crippen LogP contribution in [0.4, 0.5) is 5.13 Å². The van der Waals surface area contributed by atoms with Gasteiger partial charge in [-0.15, -0.1) is 23.7 Å². The van der Waals surface area contributed by atoms with Crippen molar-refractivity contribution in [2.45, 2.75) is 13.3 Å². The Morgan fingerprint density at radius 2 is 2.04 bits per heavy atom. The molecular formula is C18H22ClN3O3S. The minimum atomic E-state index is -0.326. The average Bonchev–Trinajstić information content (AvgIpc) is 2.96. The number of hydrogen-bond acceptors (Lipinski definition) is 6. The van der Waals surface area contributed by atoms with E-state index in [9.17, 15) is 9.59 Å². The van der Waals surface area contributed by atoms with Gasteiger partial charge >= 0.3 is 5.97 Å². The Hall–Kier alpha value is -1.96. The molecule has 1 aromatic carbocycles. The smallest absolute Gasteiger partial charge is 0.310 e. The molecule has 0 spiro atoms. The number of esters is 1. The van der Waals surface area contributed by atoms with Crippen LogP contribution in [-0.2, 0) is 20.7 Å². The van der Waals surface area contributed by atoms with Gasteiger partial charge in [-0.05, 0) is 19.0 Å². The van der Waals surface area contributed by atoms with Crippen LogP contribution < -0.4 is 10.6 Å². The molecular weight excluding hydrogens is 374 g/mol. The molecule has 1 aromatic heterocycles. The Kier molecular flexibility index (Phi) is 7.14. The fraction of sp³-hybridized carbons (Fsp3) is 0.389. The standard InChI is InChI=1S/C18H21N3O3S.ClH/c1-11(13-9-19-10-13)17(23)21-18-20-16(12-6-4-3-5-7-12)14(25-18)8-15(22)24-2;/h3-7,11,13,19H,8-10H2,1-2H3,(H,20,21,23);1H. The van der Waals surface area contributed by atoms with Gasteiger partial charge in [-0.2, -0.15) is 0 Å². The average molecular weight is 396 g/mol. The minimum Gasteiger partial charge on any atom is -0.469 e. The Labute approximate surface area is 162 Å². The van der Waals surface area contributed by atoms with Crippen molar-refractivity contribution in [3.8, 4) is 11.3 Å². The van der Waals surface area contributed by atoms with Gasteiger partial charge in [0, 0.05) is 16.4 Å². The molecule has 1 aliphatic heterocycles. The summed E-state index contributed by atoms with van der Waals surface area (Å²) in [5.41, 5.74) is 1.62. The molecule has 1 atom stereocenters. The first-order valence-electron chi connectivity index (χ1n) is 8.22. The largest absolute Gasteiger partial charge is 0.469 e. The summed E-state index contributed by atoms with van der Waals surface area (Å²) >= 11 is 1.32. The van der Waals surface area contributed by atoms with Crippen LogP contribution in [0, 0.1) is 11.8 Å². The van der Waals surface area contributed by atoms with Crippen molar-refractivity contribution < 1.29 is 14.3 Å². The summed E-state index contributed by atoms with van der Waals surface area (Å²) < 4.78 is 4.77. The topological polar surface area (TPSA) is 80.3 Å². The van der Waals surface area contributed by atoms with Crippen LogP contribution in [-0.4, -0.2) is 37.1 Å². The fourth-order valence-corrected chi connectivity index (χ4v) is 3.62. The first-order valence-corrected chi connectivity index (χ1v) is 9.03. The molecule has 140 valence electrons. The van der Waals surface area contributed by atoms with E-state index in [1.165, 1.54) is 18.4 Å². The van der Waals surface area contributed by atoms with Crippen LogP contribution in [0.3, 0.4) is 0 Å². The van der Waals surface area contributed by atoms with Crippen LogP contribution >= 0.6 is 23.7 Å². The van der Waals surface area contributed by atoms with Crippen molar-refractivity contribution in [3.05, 3.63) is 35.2 Å². The number of nitrogens with one attached hydrogen (secondary N) is 2. The van der Waals surface area contributed by atoms with Crippen molar-refractivity contribution in [2.24, 2.45) is 11.8 Å². The number of amides is 1. The minimum absolute atomic E-state index is 0. The van der Waals surface area contributed by atoms with E-state index in [2.05, 4.69) is 15.6 Å². The van der Waals surface area contributed by atoms with Crippen molar-refractivity contribution in [1.82, 2.24) is 10.3 Å². The normalized spacial score (nSPS) is 14.7. The van der Waals surface area contributed by atoms with Crippen molar-refractivity contribution in [3.63, 3.8) is 0 Å². The van der Waals surface area contributed by atoms with Gasteiger partial charge in [0.2, 0.25) is 5.91 Å². The van der Waals surface area contributed by atoms with Gasteiger partial charge < -0.3 is 15.4 Å². The number of benzene rings is 1. The summed E-state index contributed by atoms with van der Waals surface area (Å²) in [7, 11) is 1.36. The number of rotatable bonds is 6. The predicted molar refractivity (Wildman–Crippen MR) is 105 cm³/mol. The van der Waals surface area contributed by atoms with E-state index in [1.54, 1.807) is 0 Å². The third-order valence-corrected chi connectivity index (χ3v) is 5.41. The Morgan fingerprint density at radius 3 is 2.62 bits per heavy atom. The highest BCUT2D eigenvalue weighted by molar-refractivity contribution is 7.16. The molecule has 1 amide bonds. The summed E-state index contributed by atoms with van der Waals surface area (Å²) in [6.07, 6.45) is 0.135. The summed E-state index contributed by atoms with van der Waals surface area (Å²) in [4.78, 5) is 29.5. The van der Waals surface area contributed by atoms with Gasteiger partial charge in [0.15, 0.2) is 5.13 Å². The van der Waals surface area contributed by atoms with E-state index in [1.807, 2.05) is 37.3 Å². The molecule has 0 saturated carbocycles. The molecule has 1 fully saturated rings. The van der Waals surface area contributed by atoms with E-state index in [0.29, 0.717) is 16.7 Å². The van der Waals surface area contributed by atoms with Crippen molar-refractivity contribution >= 4 is 40.8 Å². The molecule has 1 saturated heterocycles. The number of nitrogens with zero attached hydrogens (tertiary/aromatic N) is 1. The molecule has 2 N–H and O–H groups in total. The van der Waals surface area contributed by atoms with Crippen LogP contribution in [0.5, 0.6) is 0 Å². The highest BCUT2D eigenvalue weighted by Crippen LogP contribution is 2.32. The summed E-state index contributed by atoms with van der Waals surface area (Å²) in [6, 6.07) is 9.63. The molecule has 1 aliphatic rings. The van der Waals surface area contributed by atoms with E-state index < -0.39 is 0 Å². The lowest BCUT2D eigenvalue weighted by molar-refractivity contribution is -0.139. The quantitative estimate of drug-likeness (QED) is 0.735. The van der Waals surface area contributed by atoms with Gasteiger partial charge in [0.1, 0.15) is 0 Å². The molecule has 6 nitrogen and oxygen atoms in total. The lowest BCUT2D eigenvalue weighted by Gasteiger charge is -2.31. The molecule has 1 unspecified atom stereocenters. The number of anilines is 1. The molecule has 3 rings (SSSR count). The monoisotopic (exact) mass is 395 g/mol. The van der Waals surface area contributed by atoms with Crippen molar-refractivity contribution in [1.29, 1.82) is 0 Å². The Morgan fingerprint density at radius 1 is 1.35 bits per heavy atom. The number of thiazole rings is 1. The molecule has 0 bridgehead atoms. The first-order chi connectivity index (χ1) is 12.1. The van der Waals surface area contributed by atoms with Gasteiger partial charge in [-0.1, -0.05) is 37.3 Å². The highest BCUT2D eigenvalue weighted by Gasteiger charge is 2.29. The summed E-state index contributed by atoms with van der Waals surface area (Å²) in [6.45, 7) is 3.67. The molecule has 0 aliphatic carbocycles. The number of aromatic nitrogens is 1. The predicted octanol–water partition coefficient (Wildman–Crippen LogP) is 2.74. The molecule has 0 radical (unpaired) electrons. The zero-order chi connectivity index (χ0) is 17.8. The maximum absolute atomic E-state index is 12.4. The SMILES string of the molecule is COC(=O)Cc1sc(NC(=O)C(C)C2CNC2)nc1-c1ccccc1.Cl. The summed E-state index contributed by atoms with van der Waals surface area (Å²) in [5, 5.41) is 6.60. The van der Waals surface area contributed by atoms with Crippen LogP contribution in [0.1, 0.15) is 11.8 Å². The zero-order valence-electron chi connectivity index (χ0n) is 14.7. The van der Waals surface area contributed by atoms with E-state index in [0.717, 1.165) is 23.5 Å². The van der Waals surface area contributed by atoms with Crippen LogP contribution in [0.25, 0.3) is 11.3 Å². The maximum atomic E-state index is 12.4. The third kappa shape index (κ3) is 4.60. The van der Waals surface area contributed by atoms with Crippen LogP contribution in [0.15, 0.2) is 30.3 Å². The second-order valence-corrected chi connectivity index (χ2v) is 7.19. The Balaban J connectivity index is 0.00000243. The Bertz CT molecular complexity index is 762. The molecule has 8 heteroatoms. The van der Waals surface area contributed by atoms with Gasteiger partial charge in [0.05, 0.1) is 19.2 Å². The zero-order valence-corrected chi connectivity index (χ0v) is 16.3. The lowest BCUT2D eigenvalue weighted by atomic mass is 9.88. The lowest BCUT2D eigenvalue weighted by Crippen LogP contribution is -2.48. The second kappa shape index (κ2) is 9.12. The molecule has 26 heavy (non-hydrogen) atoms. The maximum Gasteiger partial charge on any atom is 0.310 e. The fourth-order valence-electron chi connectivity index (χ4n) is 2.65. The number of carbonyl (C=O) groups is 2. The summed E-state index contributed by atoms with van der Waals surface area (Å²) in [5.74, 6) is -0.0745. The third-order valence-electron chi connectivity index (χ3n) is 4.44. The van der Waals surface area contributed by atoms with E-state index in [-0.39, 0.29) is 36.6 Å². The number of hydrogen-bond donors (Lipinski definition) is 2. The number of methoxy groups -OCH3 is 1. The van der Waals surface area contributed by atoms with Gasteiger partial charge in [0.25, 0.3) is 0 Å². The number of carbonyl (C=O) groups excluding carboxylic acids is 2. The highest BCUT2D eigenvalue weighted by atomic mass is 35.5. The van der Waals surface area contributed by atoms with Crippen molar-refractivity contribution in [2.75, 3.05) is 25.5 Å². The van der Waals surface area contributed by atoms with Gasteiger partial charge in [-0.25, -0.2) is 4.98 Å². The van der Waals surface area contributed by atoms with E-state index >= 15 is 0 Å². The second-order valence-electron chi connectivity index (χ2n) is 6.11. The van der Waals surface area contributed by atoms with Gasteiger partial charge in [-0.3, -0.25) is 9.59 Å². The number of halogens is 1.